The minimum absolute atomic E-state index is 0.0729. The summed E-state index contributed by atoms with van der Waals surface area (Å²) in [4.78, 5) is 16.0. The van der Waals surface area contributed by atoms with Gasteiger partial charge in [-0.1, -0.05) is 31.2 Å². The van der Waals surface area contributed by atoms with E-state index in [2.05, 4.69) is 17.0 Å². The average Bonchev–Trinajstić information content (AvgIpc) is 2.75. The number of aromatic nitrogens is 3. The lowest BCUT2D eigenvalue weighted by atomic mass is 10.0. The first-order valence-electron chi connectivity index (χ1n) is 5.65. The van der Waals surface area contributed by atoms with E-state index in [0.717, 1.165) is 12.0 Å². The predicted octanol–water partition coefficient (Wildman–Crippen LogP) is 1.80. The van der Waals surface area contributed by atoms with Gasteiger partial charge in [0.25, 0.3) is 0 Å². The molecule has 0 aliphatic carbocycles. The Hall–Kier alpha value is -1.97. The van der Waals surface area contributed by atoms with Crippen LogP contribution in [0, 0.1) is 0 Å². The minimum Gasteiger partial charge on any atom is -0.294 e. The third kappa shape index (κ3) is 2.58. The molecule has 88 valence electrons. The van der Waals surface area contributed by atoms with E-state index in [4.69, 9.17) is 0 Å². The van der Waals surface area contributed by atoms with Crippen LogP contribution in [0.1, 0.15) is 28.7 Å². The molecule has 0 unspecified atom stereocenters. The maximum Gasteiger partial charge on any atom is 0.170 e. The van der Waals surface area contributed by atoms with Crippen LogP contribution in [0.3, 0.4) is 0 Å². The third-order valence-electron chi connectivity index (χ3n) is 2.81. The SMILES string of the molecule is CCc1ccc(C(=O)Cc2ncnn2C)cc1. The van der Waals surface area contributed by atoms with Crippen LogP contribution in [0.15, 0.2) is 30.6 Å². The Labute approximate surface area is 100 Å². The number of aryl methyl sites for hydroxylation is 2. The molecule has 2 rings (SSSR count). The second-order valence-electron chi connectivity index (χ2n) is 3.95. The molecule has 1 heterocycles. The number of ketones is 1. The summed E-state index contributed by atoms with van der Waals surface area (Å²) in [5.41, 5.74) is 1.96. The van der Waals surface area contributed by atoms with Crippen molar-refractivity contribution >= 4 is 5.78 Å². The Kier molecular flexibility index (Phi) is 3.32. The summed E-state index contributed by atoms with van der Waals surface area (Å²) >= 11 is 0. The Balaban J connectivity index is 2.12. The highest BCUT2D eigenvalue weighted by Crippen LogP contribution is 2.08. The van der Waals surface area contributed by atoms with Gasteiger partial charge >= 0.3 is 0 Å². The van der Waals surface area contributed by atoms with Crippen molar-refractivity contribution in [1.29, 1.82) is 0 Å². The van der Waals surface area contributed by atoms with E-state index >= 15 is 0 Å². The molecule has 0 N–H and O–H groups in total. The number of Topliss-reactive ketones (excluding diaryl/α,β-unsaturated/α-hetero) is 1. The Bertz CT molecular complexity index is 514. The van der Waals surface area contributed by atoms with Gasteiger partial charge in [0.2, 0.25) is 0 Å². The monoisotopic (exact) mass is 229 g/mol. The Morgan fingerprint density at radius 1 is 1.29 bits per heavy atom. The third-order valence-corrected chi connectivity index (χ3v) is 2.81. The zero-order valence-corrected chi connectivity index (χ0v) is 10.1. The van der Waals surface area contributed by atoms with Gasteiger partial charge in [-0.3, -0.25) is 9.48 Å². The molecule has 1 aromatic carbocycles. The highest BCUT2D eigenvalue weighted by molar-refractivity contribution is 5.97. The summed E-state index contributed by atoms with van der Waals surface area (Å²) in [6, 6.07) is 7.73. The van der Waals surface area contributed by atoms with Crippen LogP contribution >= 0.6 is 0 Å². The topological polar surface area (TPSA) is 47.8 Å². The van der Waals surface area contributed by atoms with Crippen LogP contribution in [0.4, 0.5) is 0 Å². The standard InChI is InChI=1S/C13H15N3O/c1-3-10-4-6-11(7-5-10)12(17)8-13-14-9-15-16(13)2/h4-7,9H,3,8H2,1-2H3. The largest absolute Gasteiger partial charge is 0.294 e. The van der Waals surface area contributed by atoms with Gasteiger partial charge in [0, 0.05) is 12.6 Å². The number of rotatable bonds is 4. The zero-order valence-electron chi connectivity index (χ0n) is 10.1. The van der Waals surface area contributed by atoms with Gasteiger partial charge in [-0.15, -0.1) is 0 Å². The molecule has 17 heavy (non-hydrogen) atoms. The number of hydrogen-bond acceptors (Lipinski definition) is 3. The van der Waals surface area contributed by atoms with E-state index < -0.39 is 0 Å². The molecule has 0 aliphatic heterocycles. The first kappa shape index (κ1) is 11.5. The molecule has 0 bridgehead atoms. The van der Waals surface area contributed by atoms with Crippen molar-refractivity contribution < 1.29 is 4.79 Å². The first-order valence-corrected chi connectivity index (χ1v) is 5.65. The van der Waals surface area contributed by atoms with Gasteiger partial charge in [0.05, 0.1) is 6.42 Å². The highest BCUT2D eigenvalue weighted by Gasteiger charge is 2.10. The van der Waals surface area contributed by atoms with Gasteiger partial charge in [0.15, 0.2) is 5.78 Å². The lowest BCUT2D eigenvalue weighted by molar-refractivity contribution is 0.0989. The van der Waals surface area contributed by atoms with Crippen LogP contribution in [0.2, 0.25) is 0 Å². The molecule has 0 atom stereocenters. The maximum absolute atomic E-state index is 12.0. The average molecular weight is 229 g/mol. The van der Waals surface area contributed by atoms with Crippen molar-refractivity contribution in [3.8, 4) is 0 Å². The molecule has 4 heteroatoms. The van der Waals surface area contributed by atoms with E-state index in [1.54, 1.807) is 11.7 Å². The van der Waals surface area contributed by atoms with Crippen LogP contribution in [0.5, 0.6) is 0 Å². The second kappa shape index (κ2) is 4.91. The van der Waals surface area contributed by atoms with E-state index in [-0.39, 0.29) is 5.78 Å². The zero-order chi connectivity index (χ0) is 12.3. The lowest BCUT2D eigenvalue weighted by Crippen LogP contribution is -2.09. The number of nitrogens with zero attached hydrogens (tertiary/aromatic N) is 3. The fraction of sp³-hybridized carbons (Fsp3) is 0.308. The fourth-order valence-corrected chi connectivity index (χ4v) is 1.65. The molecule has 0 saturated heterocycles. The number of benzene rings is 1. The first-order chi connectivity index (χ1) is 8.20. The molecule has 0 aliphatic rings. The molecule has 0 spiro atoms. The Morgan fingerprint density at radius 3 is 2.53 bits per heavy atom. The van der Waals surface area contributed by atoms with E-state index in [1.165, 1.54) is 11.9 Å². The summed E-state index contributed by atoms with van der Waals surface area (Å²) < 4.78 is 1.62. The number of carbonyl (C=O) groups is 1. The molecule has 0 amide bonds. The van der Waals surface area contributed by atoms with Gasteiger partial charge < -0.3 is 0 Å². The molecule has 0 fully saturated rings. The quantitative estimate of drug-likeness (QED) is 0.751. The van der Waals surface area contributed by atoms with Gasteiger partial charge in [0.1, 0.15) is 12.2 Å². The molecule has 0 radical (unpaired) electrons. The van der Waals surface area contributed by atoms with Crippen molar-refractivity contribution in [2.45, 2.75) is 19.8 Å². The highest BCUT2D eigenvalue weighted by atomic mass is 16.1. The number of carbonyl (C=O) groups excluding carboxylic acids is 1. The predicted molar refractivity (Wildman–Crippen MR) is 64.9 cm³/mol. The van der Waals surface area contributed by atoms with Crippen molar-refractivity contribution in [3.63, 3.8) is 0 Å². The lowest BCUT2D eigenvalue weighted by Gasteiger charge is -2.02. The minimum atomic E-state index is 0.0729. The Morgan fingerprint density at radius 2 is 2.00 bits per heavy atom. The van der Waals surface area contributed by atoms with Gasteiger partial charge in [-0.2, -0.15) is 5.10 Å². The van der Waals surface area contributed by atoms with Crippen molar-refractivity contribution in [2.24, 2.45) is 7.05 Å². The number of hydrogen-bond donors (Lipinski definition) is 0. The van der Waals surface area contributed by atoms with Crippen LogP contribution in [-0.2, 0) is 19.9 Å². The fourth-order valence-electron chi connectivity index (χ4n) is 1.65. The normalized spacial score (nSPS) is 10.5. The molecular weight excluding hydrogens is 214 g/mol. The van der Waals surface area contributed by atoms with Gasteiger partial charge in [-0.25, -0.2) is 4.98 Å². The summed E-state index contributed by atoms with van der Waals surface area (Å²) in [5.74, 6) is 0.762. The summed E-state index contributed by atoms with van der Waals surface area (Å²) in [6.45, 7) is 2.09. The van der Waals surface area contributed by atoms with E-state index in [9.17, 15) is 4.79 Å². The second-order valence-corrected chi connectivity index (χ2v) is 3.95. The van der Waals surface area contributed by atoms with Crippen molar-refractivity contribution in [3.05, 3.63) is 47.5 Å². The molecule has 2 aromatic rings. The molecule has 0 saturated carbocycles. The summed E-state index contributed by atoms with van der Waals surface area (Å²) in [6.07, 6.45) is 2.74. The summed E-state index contributed by atoms with van der Waals surface area (Å²) in [5, 5.41) is 3.94. The van der Waals surface area contributed by atoms with E-state index in [1.807, 2.05) is 24.3 Å². The van der Waals surface area contributed by atoms with Gasteiger partial charge in [-0.05, 0) is 12.0 Å². The molecule has 4 nitrogen and oxygen atoms in total. The van der Waals surface area contributed by atoms with Crippen molar-refractivity contribution in [1.82, 2.24) is 14.8 Å². The maximum atomic E-state index is 12.0. The molecular formula is C13H15N3O. The van der Waals surface area contributed by atoms with Crippen LogP contribution < -0.4 is 0 Å². The van der Waals surface area contributed by atoms with E-state index in [0.29, 0.717) is 12.2 Å². The summed E-state index contributed by atoms with van der Waals surface area (Å²) in [7, 11) is 1.79. The van der Waals surface area contributed by atoms with Crippen LogP contribution in [0.25, 0.3) is 0 Å². The van der Waals surface area contributed by atoms with Crippen molar-refractivity contribution in [2.75, 3.05) is 0 Å². The molecule has 1 aromatic heterocycles. The van der Waals surface area contributed by atoms with Crippen LogP contribution in [-0.4, -0.2) is 20.5 Å². The smallest absolute Gasteiger partial charge is 0.170 e.